The monoisotopic (exact) mass is 399 g/mol. The maximum Gasteiger partial charge on any atom is 0.191 e. The van der Waals surface area contributed by atoms with E-state index >= 15 is 0 Å². The molecule has 0 radical (unpaired) electrons. The second-order valence-electron chi connectivity index (χ2n) is 5.22. The van der Waals surface area contributed by atoms with Crippen LogP contribution in [0.1, 0.15) is 33.6 Å². The van der Waals surface area contributed by atoms with Crippen molar-refractivity contribution in [2.75, 3.05) is 39.5 Å². The summed E-state index contributed by atoms with van der Waals surface area (Å²) >= 11 is 0. The number of nitrogens with zero attached hydrogens (tertiary/aromatic N) is 1. The zero-order valence-electron chi connectivity index (χ0n) is 13.0. The van der Waals surface area contributed by atoms with E-state index in [1.165, 1.54) is 0 Å². The second kappa shape index (κ2) is 12.6. The van der Waals surface area contributed by atoms with Crippen molar-refractivity contribution in [2.24, 2.45) is 10.9 Å². The van der Waals surface area contributed by atoms with Crippen LogP contribution in [0.3, 0.4) is 0 Å². The molecule has 120 valence electrons. The molecule has 0 spiro atoms. The minimum absolute atomic E-state index is 0. The van der Waals surface area contributed by atoms with Crippen LogP contribution in [-0.2, 0) is 9.47 Å². The molecule has 1 rings (SSSR count). The Labute approximate surface area is 140 Å². The molecule has 0 amide bonds. The van der Waals surface area contributed by atoms with Crippen LogP contribution >= 0.6 is 24.0 Å². The normalized spacial score (nSPS) is 19.0. The predicted molar refractivity (Wildman–Crippen MR) is 94.0 cm³/mol. The molecule has 6 heteroatoms. The van der Waals surface area contributed by atoms with E-state index in [2.05, 4.69) is 36.4 Å². The first-order valence-corrected chi connectivity index (χ1v) is 7.42. The van der Waals surface area contributed by atoms with Crippen LogP contribution in [0, 0.1) is 5.92 Å². The number of ether oxygens (including phenoxy) is 2. The average Bonchev–Trinajstić information content (AvgIpc) is 2.86. The number of guanidine groups is 1. The third kappa shape index (κ3) is 9.77. The van der Waals surface area contributed by atoms with Crippen molar-refractivity contribution in [3.05, 3.63) is 0 Å². The fourth-order valence-electron chi connectivity index (χ4n) is 1.92. The van der Waals surface area contributed by atoms with Crippen molar-refractivity contribution < 1.29 is 9.47 Å². The Morgan fingerprint density at radius 3 is 2.85 bits per heavy atom. The zero-order chi connectivity index (χ0) is 13.9. The summed E-state index contributed by atoms with van der Waals surface area (Å²) in [4.78, 5) is 4.51. The van der Waals surface area contributed by atoms with Gasteiger partial charge in [0.2, 0.25) is 0 Å². The summed E-state index contributed by atoms with van der Waals surface area (Å²) < 4.78 is 11.0. The van der Waals surface area contributed by atoms with Crippen molar-refractivity contribution in [2.45, 2.75) is 39.7 Å². The van der Waals surface area contributed by atoms with Gasteiger partial charge in [-0.25, -0.2) is 0 Å². The van der Waals surface area contributed by atoms with Crippen LogP contribution in [0.5, 0.6) is 0 Å². The smallest absolute Gasteiger partial charge is 0.191 e. The van der Waals surface area contributed by atoms with E-state index in [0.29, 0.717) is 12.0 Å². The average molecular weight is 399 g/mol. The molecule has 1 atom stereocenters. The molecule has 0 aromatic rings. The van der Waals surface area contributed by atoms with E-state index in [4.69, 9.17) is 9.47 Å². The first-order valence-electron chi connectivity index (χ1n) is 7.42. The van der Waals surface area contributed by atoms with E-state index in [1.807, 2.05) is 0 Å². The molecule has 0 aliphatic carbocycles. The molecule has 20 heavy (non-hydrogen) atoms. The Morgan fingerprint density at radius 2 is 2.25 bits per heavy atom. The first kappa shape index (κ1) is 19.9. The highest BCUT2D eigenvalue weighted by molar-refractivity contribution is 14.0. The van der Waals surface area contributed by atoms with Gasteiger partial charge < -0.3 is 20.1 Å². The highest BCUT2D eigenvalue weighted by Crippen LogP contribution is 2.12. The lowest BCUT2D eigenvalue weighted by Crippen LogP contribution is -2.41. The van der Waals surface area contributed by atoms with Crippen LogP contribution in [-0.4, -0.2) is 51.5 Å². The van der Waals surface area contributed by atoms with Crippen molar-refractivity contribution in [1.29, 1.82) is 0 Å². The summed E-state index contributed by atoms with van der Waals surface area (Å²) in [6.45, 7) is 11.3. The van der Waals surface area contributed by atoms with Gasteiger partial charge >= 0.3 is 0 Å². The van der Waals surface area contributed by atoms with Gasteiger partial charge in [0, 0.05) is 38.3 Å². The van der Waals surface area contributed by atoms with Gasteiger partial charge in [-0.15, -0.1) is 24.0 Å². The number of nitrogens with one attached hydrogen (secondary N) is 2. The quantitative estimate of drug-likeness (QED) is 0.284. The van der Waals surface area contributed by atoms with Crippen molar-refractivity contribution in [3.63, 3.8) is 0 Å². The lowest BCUT2D eigenvalue weighted by molar-refractivity contribution is 0.0893. The van der Waals surface area contributed by atoms with E-state index in [9.17, 15) is 0 Å². The number of rotatable bonds is 8. The summed E-state index contributed by atoms with van der Waals surface area (Å²) in [6, 6.07) is 0.399. The molecule has 1 aliphatic rings. The molecule has 1 unspecified atom stereocenters. The van der Waals surface area contributed by atoms with E-state index < -0.39 is 0 Å². The molecule has 1 fully saturated rings. The molecule has 1 heterocycles. The number of aliphatic imine (C=N–C) groups is 1. The summed E-state index contributed by atoms with van der Waals surface area (Å²) in [5.41, 5.74) is 0. The van der Waals surface area contributed by atoms with Crippen molar-refractivity contribution in [3.8, 4) is 0 Å². The fraction of sp³-hybridized carbons (Fsp3) is 0.929. The summed E-state index contributed by atoms with van der Waals surface area (Å²) in [5.74, 6) is 1.49. The van der Waals surface area contributed by atoms with Gasteiger partial charge in [-0.2, -0.15) is 0 Å². The van der Waals surface area contributed by atoms with Crippen LogP contribution in [0.25, 0.3) is 0 Å². The molecular formula is C14H30IN3O2. The van der Waals surface area contributed by atoms with Gasteiger partial charge in [-0.05, 0) is 33.6 Å². The van der Waals surface area contributed by atoms with Crippen LogP contribution in [0.4, 0.5) is 0 Å². The Bertz CT molecular complexity index is 257. The Hall–Kier alpha value is -0.0800. The zero-order valence-corrected chi connectivity index (χ0v) is 15.3. The highest BCUT2D eigenvalue weighted by atomic mass is 127. The summed E-state index contributed by atoms with van der Waals surface area (Å²) in [6.07, 6.45) is 2.10. The third-order valence-electron chi connectivity index (χ3n) is 2.86. The SMILES string of the molecule is CCNC(=NCCCOCC1CCOC1)NC(C)C.I. The fourth-order valence-corrected chi connectivity index (χ4v) is 1.92. The van der Waals surface area contributed by atoms with Gasteiger partial charge in [-0.3, -0.25) is 4.99 Å². The van der Waals surface area contributed by atoms with E-state index in [1.54, 1.807) is 0 Å². The lowest BCUT2D eigenvalue weighted by Gasteiger charge is -2.14. The van der Waals surface area contributed by atoms with Gasteiger partial charge in [0.25, 0.3) is 0 Å². The first-order chi connectivity index (χ1) is 9.22. The molecule has 0 aromatic carbocycles. The largest absolute Gasteiger partial charge is 0.381 e. The van der Waals surface area contributed by atoms with E-state index in [0.717, 1.165) is 58.3 Å². The highest BCUT2D eigenvalue weighted by Gasteiger charge is 2.15. The van der Waals surface area contributed by atoms with Crippen molar-refractivity contribution >= 4 is 29.9 Å². The molecule has 0 bridgehead atoms. The Balaban J connectivity index is 0.00000361. The Kier molecular flexibility index (Phi) is 12.6. The van der Waals surface area contributed by atoms with Gasteiger partial charge in [0.15, 0.2) is 5.96 Å². The lowest BCUT2D eigenvalue weighted by atomic mass is 10.1. The molecule has 1 aliphatic heterocycles. The molecule has 0 aromatic heterocycles. The summed E-state index contributed by atoms with van der Waals surface area (Å²) in [7, 11) is 0. The van der Waals surface area contributed by atoms with Crippen LogP contribution in [0.15, 0.2) is 4.99 Å². The number of hydrogen-bond acceptors (Lipinski definition) is 3. The molecule has 0 saturated carbocycles. The van der Waals surface area contributed by atoms with E-state index in [-0.39, 0.29) is 24.0 Å². The third-order valence-corrected chi connectivity index (χ3v) is 2.86. The number of halogens is 1. The second-order valence-corrected chi connectivity index (χ2v) is 5.22. The Morgan fingerprint density at radius 1 is 1.45 bits per heavy atom. The molecular weight excluding hydrogens is 369 g/mol. The van der Waals surface area contributed by atoms with Gasteiger partial charge in [-0.1, -0.05) is 0 Å². The maximum absolute atomic E-state index is 5.65. The number of hydrogen-bond donors (Lipinski definition) is 2. The predicted octanol–water partition coefficient (Wildman–Crippen LogP) is 2.01. The van der Waals surface area contributed by atoms with Crippen LogP contribution < -0.4 is 10.6 Å². The molecule has 1 saturated heterocycles. The van der Waals surface area contributed by atoms with Gasteiger partial charge in [0.1, 0.15) is 0 Å². The topological polar surface area (TPSA) is 54.9 Å². The summed E-state index contributed by atoms with van der Waals surface area (Å²) in [5, 5.41) is 6.53. The van der Waals surface area contributed by atoms with Gasteiger partial charge in [0.05, 0.1) is 13.2 Å². The minimum atomic E-state index is 0. The standard InChI is InChI=1S/C14H29N3O2.HI/c1-4-15-14(17-12(2)3)16-7-5-8-18-10-13-6-9-19-11-13;/h12-13H,4-11H2,1-3H3,(H2,15,16,17);1H. The molecule has 2 N–H and O–H groups in total. The minimum Gasteiger partial charge on any atom is -0.381 e. The maximum atomic E-state index is 5.65. The van der Waals surface area contributed by atoms with Crippen LogP contribution in [0.2, 0.25) is 0 Å². The van der Waals surface area contributed by atoms with Crippen molar-refractivity contribution in [1.82, 2.24) is 10.6 Å². The molecule has 5 nitrogen and oxygen atoms in total.